The minimum absolute atomic E-state index is 0.0185. The van der Waals surface area contributed by atoms with Crippen LogP contribution in [0, 0.1) is 18.7 Å². The summed E-state index contributed by atoms with van der Waals surface area (Å²) >= 11 is 5.95. The first kappa shape index (κ1) is 20.6. The second-order valence-corrected chi connectivity index (χ2v) is 7.58. The third-order valence-corrected chi connectivity index (χ3v) is 5.55. The molecule has 1 fully saturated rings. The van der Waals surface area contributed by atoms with Crippen molar-refractivity contribution in [1.29, 1.82) is 0 Å². The molecule has 4 nitrogen and oxygen atoms in total. The van der Waals surface area contributed by atoms with Crippen molar-refractivity contribution in [3.8, 4) is 0 Å². The number of nitrogens with zero attached hydrogens (tertiary/aromatic N) is 2. The van der Waals surface area contributed by atoms with Crippen molar-refractivity contribution in [2.75, 3.05) is 6.54 Å². The molecule has 1 saturated carbocycles. The average molecular weight is 412 g/mol. The zero-order chi connectivity index (χ0) is 20.3. The van der Waals surface area contributed by atoms with Crippen LogP contribution >= 0.6 is 11.6 Å². The van der Waals surface area contributed by atoms with Crippen LogP contribution in [0.2, 0.25) is 5.02 Å². The Bertz CT molecular complexity index is 815. The number of nitrogens with one attached hydrogen (secondary N) is 1. The van der Waals surface area contributed by atoms with Crippen molar-refractivity contribution < 1.29 is 18.0 Å². The Balaban J connectivity index is 1.77. The van der Waals surface area contributed by atoms with E-state index in [4.69, 9.17) is 11.6 Å². The summed E-state index contributed by atoms with van der Waals surface area (Å²) < 4.78 is 41.1. The second kappa shape index (κ2) is 8.47. The van der Waals surface area contributed by atoms with E-state index < -0.39 is 17.6 Å². The maximum absolute atomic E-state index is 14.0. The molecule has 8 heteroatoms. The van der Waals surface area contributed by atoms with Crippen molar-refractivity contribution in [1.82, 2.24) is 15.3 Å². The van der Waals surface area contributed by atoms with E-state index in [1.54, 1.807) is 19.3 Å². The van der Waals surface area contributed by atoms with Gasteiger partial charge in [0.1, 0.15) is 11.6 Å². The molecule has 1 atom stereocenters. The largest absolute Gasteiger partial charge is 0.351 e. The summed E-state index contributed by atoms with van der Waals surface area (Å²) in [5.74, 6) is -3.69. The maximum atomic E-state index is 14.0. The zero-order valence-electron chi connectivity index (χ0n) is 15.4. The molecule has 0 radical (unpaired) electrons. The van der Waals surface area contributed by atoms with Gasteiger partial charge in [0, 0.05) is 37.7 Å². The number of carbonyl (C=O) groups is 1. The van der Waals surface area contributed by atoms with Crippen LogP contribution < -0.4 is 5.32 Å². The van der Waals surface area contributed by atoms with Gasteiger partial charge in [-0.2, -0.15) is 0 Å². The van der Waals surface area contributed by atoms with Gasteiger partial charge in [-0.1, -0.05) is 17.7 Å². The fraction of sp³-hybridized carbons (Fsp3) is 0.450. The molecule has 1 heterocycles. The Morgan fingerprint density at radius 3 is 2.54 bits per heavy atom. The summed E-state index contributed by atoms with van der Waals surface area (Å²) in [6.07, 6.45) is 3.61. The Morgan fingerprint density at radius 2 is 1.93 bits per heavy atom. The highest BCUT2D eigenvalue weighted by Gasteiger charge is 2.38. The summed E-state index contributed by atoms with van der Waals surface area (Å²) in [5.41, 5.74) is 0.541. The van der Waals surface area contributed by atoms with E-state index >= 15 is 0 Å². The van der Waals surface area contributed by atoms with E-state index in [-0.39, 0.29) is 41.8 Å². The van der Waals surface area contributed by atoms with E-state index in [9.17, 15) is 18.0 Å². The lowest BCUT2D eigenvalue weighted by molar-refractivity contribution is -0.0485. The molecule has 2 aromatic rings. The predicted molar refractivity (Wildman–Crippen MR) is 100 cm³/mol. The van der Waals surface area contributed by atoms with Crippen LogP contribution in [-0.2, 0) is 0 Å². The van der Waals surface area contributed by atoms with Gasteiger partial charge in [-0.3, -0.25) is 4.79 Å². The topological polar surface area (TPSA) is 54.9 Å². The quantitative estimate of drug-likeness (QED) is 0.760. The molecular weight excluding hydrogens is 391 g/mol. The Labute approximate surface area is 166 Å². The van der Waals surface area contributed by atoms with Gasteiger partial charge in [-0.05, 0) is 43.4 Å². The molecule has 1 unspecified atom stereocenters. The summed E-state index contributed by atoms with van der Waals surface area (Å²) in [6, 6.07) is 4.02. The normalized spacial score (nSPS) is 17.9. The molecule has 0 spiro atoms. The first-order valence-electron chi connectivity index (χ1n) is 9.15. The molecule has 1 amide bonds. The minimum atomic E-state index is -2.64. The molecule has 0 bridgehead atoms. The first-order valence-corrected chi connectivity index (χ1v) is 9.53. The maximum Gasteiger partial charge on any atom is 0.255 e. The standard InChI is InChI=1S/C20H21ClF3N3O/c1-12-25-9-14(10-26-12)15(13-5-7-20(23,24)8-6-13)11-27-19(28)18-16(21)3-2-4-17(18)22/h2-4,9-10,13,15H,5-8,11H2,1H3,(H,27,28). The average Bonchev–Trinajstić information content (AvgIpc) is 2.64. The number of alkyl halides is 2. The minimum Gasteiger partial charge on any atom is -0.351 e. The van der Waals surface area contributed by atoms with Crippen molar-refractivity contribution in [3.63, 3.8) is 0 Å². The van der Waals surface area contributed by atoms with Crippen molar-refractivity contribution in [2.45, 2.75) is 44.4 Å². The Morgan fingerprint density at radius 1 is 1.29 bits per heavy atom. The van der Waals surface area contributed by atoms with Crippen molar-refractivity contribution in [3.05, 3.63) is 58.4 Å². The Hall–Kier alpha value is -2.15. The third kappa shape index (κ3) is 4.82. The van der Waals surface area contributed by atoms with Crippen LogP contribution in [0.1, 0.15) is 53.3 Å². The van der Waals surface area contributed by atoms with Gasteiger partial charge in [-0.25, -0.2) is 23.1 Å². The van der Waals surface area contributed by atoms with Crippen LogP contribution in [0.5, 0.6) is 0 Å². The molecule has 150 valence electrons. The van der Waals surface area contributed by atoms with Crippen LogP contribution in [0.15, 0.2) is 30.6 Å². The monoisotopic (exact) mass is 411 g/mol. The van der Waals surface area contributed by atoms with E-state index in [1.807, 2.05) is 0 Å². The Kier molecular flexibility index (Phi) is 6.23. The SMILES string of the molecule is Cc1ncc(C(CNC(=O)c2c(F)cccc2Cl)C2CCC(F)(F)CC2)cn1. The highest BCUT2D eigenvalue weighted by molar-refractivity contribution is 6.33. The predicted octanol–water partition coefficient (Wildman–Crippen LogP) is 4.92. The van der Waals surface area contributed by atoms with Crippen LogP contribution in [0.3, 0.4) is 0 Å². The van der Waals surface area contributed by atoms with Gasteiger partial charge < -0.3 is 5.32 Å². The lowest BCUT2D eigenvalue weighted by Crippen LogP contribution is -2.35. The molecule has 3 rings (SSSR count). The molecule has 0 saturated heterocycles. The summed E-state index contributed by atoms with van der Waals surface area (Å²) in [4.78, 5) is 20.8. The molecule has 1 aliphatic carbocycles. The summed E-state index contributed by atoms with van der Waals surface area (Å²) in [7, 11) is 0. The third-order valence-electron chi connectivity index (χ3n) is 5.23. The number of hydrogen-bond acceptors (Lipinski definition) is 3. The van der Waals surface area contributed by atoms with Gasteiger partial charge in [0.15, 0.2) is 0 Å². The van der Waals surface area contributed by atoms with Gasteiger partial charge in [-0.15, -0.1) is 0 Å². The number of halogens is 4. The van der Waals surface area contributed by atoms with Gasteiger partial charge in [0.25, 0.3) is 5.91 Å². The number of aryl methyl sites for hydroxylation is 1. The van der Waals surface area contributed by atoms with E-state index in [0.717, 1.165) is 11.6 Å². The highest BCUT2D eigenvalue weighted by atomic mass is 35.5. The number of amides is 1. The number of benzene rings is 1. The van der Waals surface area contributed by atoms with Crippen molar-refractivity contribution >= 4 is 17.5 Å². The number of hydrogen-bond donors (Lipinski definition) is 1. The molecule has 0 aliphatic heterocycles. The first-order chi connectivity index (χ1) is 13.3. The fourth-order valence-electron chi connectivity index (χ4n) is 3.62. The number of aromatic nitrogens is 2. The van der Waals surface area contributed by atoms with E-state index in [2.05, 4.69) is 15.3 Å². The zero-order valence-corrected chi connectivity index (χ0v) is 16.1. The number of rotatable bonds is 5. The lowest BCUT2D eigenvalue weighted by atomic mass is 9.76. The van der Waals surface area contributed by atoms with Crippen LogP contribution in [0.25, 0.3) is 0 Å². The smallest absolute Gasteiger partial charge is 0.255 e. The fourth-order valence-corrected chi connectivity index (χ4v) is 3.87. The van der Waals surface area contributed by atoms with Gasteiger partial charge in [0.05, 0.1) is 10.6 Å². The van der Waals surface area contributed by atoms with E-state index in [0.29, 0.717) is 18.7 Å². The lowest BCUT2D eigenvalue weighted by Gasteiger charge is -2.34. The summed E-state index contributed by atoms with van der Waals surface area (Å²) in [5, 5.41) is 2.72. The molecule has 1 aliphatic rings. The number of carbonyl (C=O) groups excluding carboxylic acids is 1. The van der Waals surface area contributed by atoms with Crippen molar-refractivity contribution in [2.24, 2.45) is 5.92 Å². The second-order valence-electron chi connectivity index (χ2n) is 7.17. The van der Waals surface area contributed by atoms with Crippen LogP contribution in [0.4, 0.5) is 13.2 Å². The molecule has 1 N–H and O–H groups in total. The molecule has 1 aromatic carbocycles. The van der Waals surface area contributed by atoms with Crippen LogP contribution in [-0.4, -0.2) is 28.3 Å². The molecule has 28 heavy (non-hydrogen) atoms. The molecule has 1 aromatic heterocycles. The highest BCUT2D eigenvalue weighted by Crippen LogP contribution is 2.42. The van der Waals surface area contributed by atoms with Gasteiger partial charge >= 0.3 is 0 Å². The van der Waals surface area contributed by atoms with Gasteiger partial charge in [0.2, 0.25) is 5.92 Å². The summed E-state index contributed by atoms with van der Waals surface area (Å²) in [6.45, 7) is 1.91. The van der Waals surface area contributed by atoms with E-state index in [1.165, 1.54) is 12.1 Å². The molecular formula is C20H21ClF3N3O.